The third-order valence-electron chi connectivity index (χ3n) is 5.17. The van der Waals surface area contributed by atoms with Gasteiger partial charge in [-0.05, 0) is 49.9 Å². The van der Waals surface area contributed by atoms with E-state index >= 15 is 0 Å². The molecule has 1 saturated heterocycles. The average molecular weight is 381 g/mol. The fourth-order valence-electron chi connectivity index (χ4n) is 3.64. The van der Waals surface area contributed by atoms with Crippen molar-refractivity contribution in [3.05, 3.63) is 24.3 Å². The first kappa shape index (κ1) is 19.2. The van der Waals surface area contributed by atoms with E-state index < -0.39 is 10.0 Å². The van der Waals surface area contributed by atoms with Gasteiger partial charge in [0.1, 0.15) is 12.4 Å². The quantitative estimate of drug-likeness (QED) is 0.738. The Kier molecular flexibility index (Phi) is 6.53. The van der Waals surface area contributed by atoms with Gasteiger partial charge in [-0.1, -0.05) is 19.3 Å². The predicted molar refractivity (Wildman–Crippen MR) is 99.5 cm³/mol. The summed E-state index contributed by atoms with van der Waals surface area (Å²) < 4.78 is 32.1. The normalized spacial score (nSPS) is 19.4. The summed E-state index contributed by atoms with van der Waals surface area (Å²) in [5.74, 6) is 0.886. The van der Waals surface area contributed by atoms with E-state index in [2.05, 4.69) is 5.32 Å². The first-order chi connectivity index (χ1) is 12.6. The van der Waals surface area contributed by atoms with Crippen LogP contribution in [0.4, 0.5) is 0 Å². The molecule has 1 amide bonds. The van der Waals surface area contributed by atoms with Crippen LogP contribution >= 0.6 is 0 Å². The Bertz CT molecular complexity index is 691. The molecular weight excluding hydrogens is 352 g/mol. The number of ether oxygens (including phenoxy) is 1. The van der Waals surface area contributed by atoms with Crippen molar-refractivity contribution in [2.75, 3.05) is 26.2 Å². The Morgan fingerprint density at radius 3 is 2.35 bits per heavy atom. The molecule has 144 valence electrons. The summed E-state index contributed by atoms with van der Waals surface area (Å²) in [5, 5.41) is 2.93. The molecule has 3 rings (SSSR count). The second-order valence-corrected chi connectivity index (χ2v) is 8.99. The number of sulfonamides is 1. The number of carbonyl (C=O) groups is 1. The molecule has 0 spiro atoms. The third kappa shape index (κ3) is 4.76. The van der Waals surface area contributed by atoms with Gasteiger partial charge in [-0.15, -0.1) is 0 Å². The van der Waals surface area contributed by atoms with E-state index in [1.165, 1.54) is 10.7 Å². The molecule has 1 N–H and O–H groups in total. The number of rotatable bonds is 7. The monoisotopic (exact) mass is 380 g/mol. The van der Waals surface area contributed by atoms with Gasteiger partial charge in [0, 0.05) is 19.0 Å². The molecule has 0 radical (unpaired) electrons. The zero-order valence-corrected chi connectivity index (χ0v) is 16.0. The smallest absolute Gasteiger partial charge is 0.243 e. The van der Waals surface area contributed by atoms with E-state index in [9.17, 15) is 13.2 Å². The summed E-state index contributed by atoms with van der Waals surface area (Å²) in [4.78, 5) is 12.4. The minimum absolute atomic E-state index is 0.125. The first-order valence-corrected chi connectivity index (χ1v) is 11.0. The molecular formula is C19H28N2O4S. The van der Waals surface area contributed by atoms with Crippen LogP contribution in [-0.4, -0.2) is 44.9 Å². The van der Waals surface area contributed by atoms with Gasteiger partial charge in [-0.2, -0.15) is 4.31 Å². The van der Waals surface area contributed by atoms with Gasteiger partial charge in [-0.3, -0.25) is 4.79 Å². The summed E-state index contributed by atoms with van der Waals surface area (Å²) in [6.07, 6.45) is 7.33. The van der Waals surface area contributed by atoms with Crippen LogP contribution in [0, 0.1) is 5.92 Å². The molecule has 0 atom stereocenters. The van der Waals surface area contributed by atoms with Crippen molar-refractivity contribution in [2.24, 2.45) is 5.92 Å². The van der Waals surface area contributed by atoms with Crippen LogP contribution in [0.25, 0.3) is 0 Å². The molecule has 1 aliphatic carbocycles. The van der Waals surface area contributed by atoms with Crippen LogP contribution in [0.5, 0.6) is 5.75 Å². The summed E-state index contributed by atoms with van der Waals surface area (Å²) in [6, 6.07) is 6.52. The Morgan fingerprint density at radius 1 is 1.04 bits per heavy atom. The highest BCUT2D eigenvalue weighted by molar-refractivity contribution is 7.89. The van der Waals surface area contributed by atoms with Crippen molar-refractivity contribution in [3.8, 4) is 5.75 Å². The van der Waals surface area contributed by atoms with Crippen LogP contribution in [0.1, 0.15) is 44.9 Å². The van der Waals surface area contributed by atoms with E-state index in [4.69, 9.17) is 4.74 Å². The molecule has 2 fully saturated rings. The van der Waals surface area contributed by atoms with E-state index in [-0.39, 0.29) is 11.8 Å². The van der Waals surface area contributed by atoms with Gasteiger partial charge in [0.15, 0.2) is 0 Å². The second kappa shape index (κ2) is 8.86. The molecule has 26 heavy (non-hydrogen) atoms. The molecule has 1 aromatic rings. The van der Waals surface area contributed by atoms with Gasteiger partial charge in [0.05, 0.1) is 11.4 Å². The average Bonchev–Trinajstić information content (AvgIpc) is 3.22. The second-order valence-electron chi connectivity index (χ2n) is 7.06. The maximum absolute atomic E-state index is 12.5. The predicted octanol–water partition coefficient (Wildman–Crippen LogP) is 2.55. The molecule has 7 heteroatoms. The Hall–Kier alpha value is -1.60. The Labute approximate surface area is 156 Å². The highest BCUT2D eigenvalue weighted by Crippen LogP contribution is 2.24. The lowest BCUT2D eigenvalue weighted by molar-refractivity contribution is -0.126. The number of hydrogen-bond donors (Lipinski definition) is 1. The van der Waals surface area contributed by atoms with Crippen molar-refractivity contribution in [2.45, 2.75) is 49.8 Å². The molecule has 0 unspecified atom stereocenters. The highest BCUT2D eigenvalue weighted by Gasteiger charge is 2.27. The molecule has 1 saturated carbocycles. The number of nitrogens with one attached hydrogen (secondary N) is 1. The largest absolute Gasteiger partial charge is 0.492 e. The standard InChI is InChI=1S/C19H28N2O4S/c22-19(16-6-2-1-3-7-16)20-12-15-25-17-8-10-18(11-9-17)26(23,24)21-13-4-5-14-21/h8-11,16H,1-7,12-15H2,(H,20,22). The molecule has 1 heterocycles. The van der Waals surface area contributed by atoms with Crippen molar-refractivity contribution >= 4 is 15.9 Å². The van der Waals surface area contributed by atoms with Gasteiger partial charge >= 0.3 is 0 Å². The van der Waals surface area contributed by atoms with Crippen LogP contribution < -0.4 is 10.1 Å². The van der Waals surface area contributed by atoms with Crippen LogP contribution in [0.3, 0.4) is 0 Å². The number of hydrogen-bond acceptors (Lipinski definition) is 4. The molecule has 2 aliphatic rings. The third-order valence-corrected chi connectivity index (χ3v) is 7.09. The zero-order valence-electron chi connectivity index (χ0n) is 15.2. The zero-order chi connectivity index (χ0) is 18.4. The van der Waals surface area contributed by atoms with Crippen LogP contribution in [0.2, 0.25) is 0 Å². The SMILES string of the molecule is O=C(NCCOc1ccc(S(=O)(=O)N2CCCC2)cc1)C1CCCCC1. The Morgan fingerprint density at radius 2 is 1.69 bits per heavy atom. The summed E-state index contributed by atoms with van der Waals surface area (Å²) in [6.45, 7) is 2.03. The van der Waals surface area contributed by atoms with Crippen molar-refractivity contribution in [1.29, 1.82) is 0 Å². The number of nitrogens with zero attached hydrogens (tertiary/aromatic N) is 1. The highest BCUT2D eigenvalue weighted by atomic mass is 32.2. The minimum atomic E-state index is -3.38. The number of amides is 1. The maximum Gasteiger partial charge on any atom is 0.243 e. The Balaban J connectivity index is 1.43. The number of carbonyl (C=O) groups excluding carboxylic acids is 1. The van der Waals surface area contributed by atoms with Gasteiger partial charge in [0.25, 0.3) is 0 Å². The summed E-state index contributed by atoms with van der Waals surface area (Å²) >= 11 is 0. The van der Waals surface area contributed by atoms with Gasteiger partial charge < -0.3 is 10.1 Å². The van der Waals surface area contributed by atoms with E-state index in [1.807, 2.05) is 0 Å². The van der Waals surface area contributed by atoms with Crippen LogP contribution in [-0.2, 0) is 14.8 Å². The molecule has 1 aromatic carbocycles. The lowest BCUT2D eigenvalue weighted by Gasteiger charge is -2.20. The van der Waals surface area contributed by atoms with E-state index in [0.29, 0.717) is 36.9 Å². The molecule has 1 aliphatic heterocycles. The molecule has 0 aromatic heterocycles. The van der Waals surface area contributed by atoms with Crippen molar-refractivity contribution in [3.63, 3.8) is 0 Å². The summed E-state index contributed by atoms with van der Waals surface area (Å²) in [5.41, 5.74) is 0. The lowest BCUT2D eigenvalue weighted by atomic mass is 9.89. The van der Waals surface area contributed by atoms with Gasteiger partial charge in [0.2, 0.25) is 15.9 Å². The molecule has 6 nitrogen and oxygen atoms in total. The lowest BCUT2D eigenvalue weighted by Crippen LogP contribution is -2.34. The first-order valence-electron chi connectivity index (χ1n) is 9.58. The fourth-order valence-corrected chi connectivity index (χ4v) is 5.15. The molecule has 0 bridgehead atoms. The fraction of sp³-hybridized carbons (Fsp3) is 0.632. The topological polar surface area (TPSA) is 75.7 Å². The van der Waals surface area contributed by atoms with Crippen molar-refractivity contribution in [1.82, 2.24) is 9.62 Å². The van der Waals surface area contributed by atoms with E-state index in [1.54, 1.807) is 24.3 Å². The van der Waals surface area contributed by atoms with Crippen LogP contribution in [0.15, 0.2) is 29.2 Å². The summed E-state index contributed by atoms with van der Waals surface area (Å²) in [7, 11) is -3.38. The maximum atomic E-state index is 12.5. The minimum Gasteiger partial charge on any atom is -0.492 e. The van der Waals surface area contributed by atoms with Gasteiger partial charge in [-0.25, -0.2) is 8.42 Å². The van der Waals surface area contributed by atoms with Crippen molar-refractivity contribution < 1.29 is 17.9 Å². The number of benzene rings is 1. The van der Waals surface area contributed by atoms with E-state index in [0.717, 1.165) is 38.5 Å².